The number of nitrogens with one attached hydrogen (secondary N) is 1. The van der Waals surface area contributed by atoms with Crippen LogP contribution in [0.2, 0.25) is 0 Å². The highest BCUT2D eigenvalue weighted by molar-refractivity contribution is 7.99. The lowest BCUT2D eigenvalue weighted by atomic mass is 10.2. The van der Waals surface area contributed by atoms with E-state index in [4.69, 9.17) is 0 Å². The summed E-state index contributed by atoms with van der Waals surface area (Å²) in [5.74, 6) is 0.777. The summed E-state index contributed by atoms with van der Waals surface area (Å²) in [5, 5.41) is 11.9. The van der Waals surface area contributed by atoms with Crippen LogP contribution in [0.4, 0.5) is 11.4 Å². The van der Waals surface area contributed by atoms with Crippen molar-refractivity contribution in [2.24, 2.45) is 0 Å². The van der Waals surface area contributed by atoms with Crippen molar-refractivity contribution >= 4 is 35.0 Å². The zero-order valence-electron chi connectivity index (χ0n) is 16.7. The standard InChI is InChI=1S/C22H23N5O2S/c1-2-26-19(14-20(28)23-17-9-4-3-5-10-17)24-25-22(26)30-15-21(29)27-13-12-16-8-6-7-11-18(16)27/h3-11H,2,12-15H2,1H3,(H,23,28). The molecule has 0 radical (unpaired) electrons. The first-order valence-electron chi connectivity index (χ1n) is 9.93. The van der Waals surface area contributed by atoms with Gasteiger partial charge in [0.05, 0.1) is 12.2 Å². The van der Waals surface area contributed by atoms with Crippen LogP contribution in [0.25, 0.3) is 0 Å². The topological polar surface area (TPSA) is 80.1 Å². The number of thioether (sulfide) groups is 1. The number of carbonyl (C=O) groups is 2. The van der Waals surface area contributed by atoms with Crippen LogP contribution in [0.15, 0.2) is 59.8 Å². The Hall–Kier alpha value is -3.13. The van der Waals surface area contributed by atoms with E-state index in [-0.39, 0.29) is 24.0 Å². The number of fused-ring (bicyclic) bond motifs is 1. The lowest BCUT2D eigenvalue weighted by molar-refractivity contribution is -0.116. The molecule has 2 amide bonds. The minimum Gasteiger partial charge on any atom is -0.326 e. The Morgan fingerprint density at radius 3 is 2.63 bits per heavy atom. The molecular formula is C22H23N5O2S. The molecule has 3 aromatic rings. The number of carbonyl (C=O) groups excluding carboxylic acids is 2. The predicted octanol–water partition coefficient (Wildman–Crippen LogP) is 3.16. The lowest BCUT2D eigenvalue weighted by Gasteiger charge is -2.17. The quantitative estimate of drug-likeness (QED) is 0.593. The maximum atomic E-state index is 12.8. The van der Waals surface area contributed by atoms with Gasteiger partial charge in [-0.3, -0.25) is 9.59 Å². The zero-order chi connectivity index (χ0) is 20.9. The number of hydrogen-bond donors (Lipinski definition) is 1. The van der Waals surface area contributed by atoms with Gasteiger partial charge in [-0.2, -0.15) is 0 Å². The molecule has 1 aliphatic rings. The van der Waals surface area contributed by atoms with Crippen molar-refractivity contribution in [2.75, 3.05) is 22.5 Å². The molecule has 2 heterocycles. The summed E-state index contributed by atoms with van der Waals surface area (Å²) < 4.78 is 1.89. The Morgan fingerprint density at radius 2 is 1.83 bits per heavy atom. The predicted molar refractivity (Wildman–Crippen MR) is 118 cm³/mol. The molecule has 1 aromatic heterocycles. The average Bonchev–Trinajstić information content (AvgIpc) is 3.36. The SMILES string of the molecule is CCn1c(CC(=O)Nc2ccccc2)nnc1SCC(=O)N1CCc2ccccc21. The highest BCUT2D eigenvalue weighted by Gasteiger charge is 2.25. The lowest BCUT2D eigenvalue weighted by Crippen LogP contribution is -2.30. The molecule has 0 spiro atoms. The first-order chi connectivity index (χ1) is 14.7. The van der Waals surface area contributed by atoms with E-state index in [1.807, 2.05) is 64.9 Å². The summed E-state index contributed by atoms with van der Waals surface area (Å²) in [5.41, 5.74) is 2.95. The maximum absolute atomic E-state index is 12.8. The first kappa shape index (κ1) is 20.2. The molecule has 2 aromatic carbocycles. The molecular weight excluding hydrogens is 398 g/mol. The van der Waals surface area contributed by atoms with Crippen molar-refractivity contribution in [3.8, 4) is 0 Å². The normalized spacial score (nSPS) is 12.6. The number of para-hydroxylation sites is 2. The number of hydrogen-bond acceptors (Lipinski definition) is 5. The third-order valence-electron chi connectivity index (χ3n) is 5.00. The van der Waals surface area contributed by atoms with Gasteiger partial charge in [0.1, 0.15) is 5.82 Å². The molecule has 154 valence electrons. The van der Waals surface area contributed by atoms with E-state index >= 15 is 0 Å². The van der Waals surface area contributed by atoms with Crippen molar-refractivity contribution < 1.29 is 9.59 Å². The number of nitrogens with zero attached hydrogens (tertiary/aromatic N) is 4. The Morgan fingerprint density at radius 1 is 1.07 bits per heavy atom. The summed E-state index contributed by atoms with van der Waals surface area (Å²) in [6.07, 6.45) is 1.02. The number of anilines is 2. The van der Waals surface area contributed by atoms with Crippen LogP contribution in [-0.4, -0.2) is 38.9 Å². The molecule has 1 N–H and O–H groups in total. The number of amides is 2. The molecule has 0 unspecified atom stereocenters. The molecule has 0 fully saturated rings. The van der Waals surface area contributed by atoms with Gasteiger partial charge in [0.25, 0.3) is 0 Å². The van der Waals surface area contributed by atoms with Crippen LogP contribution < -0.4 is 10.2 Å². The molecule has 1 aliphatic heterocycles. The smallest absolute Gasteiger partial charge is 0.237 e. The average molecular weight is 422 g/mol. The molecule has 0 aliphatic carbocycles. The van der Waals surface area contributed by atoms with Crippen molar-refractivity contribution in [3.63, 3.8) is 0 Å². The van der Waals surface area contributed by atoms with Crippen molar-refractivity contribution in [2.45, 2.75) is 31.5 Å². The number of benzene rings is 2. The van der Waals surface area contributed by atoms with Crippen LogP contribution in [0, 0.1) is 0 Å². The molecule has 0 saturated heterocycles. The summed E-state index contributed by atoms with van der Waals surface area (Å²) in [6.45, 7) is 3.32. The molecule has 8 heteroatoms. The second-order valence-corrected chi connectivity index (χ2v) is 7.89. The van der Waals surface area contributed by atoms with E-state index in [0.29, 0.717) is 24.1 Å². The van der Waals surface area contributed by atoms with E-state index in [0.717, 1.165) is 17.8 Å². The monoisotopic (exact) mass is 421 g/mol. The third-order valence-corrected chi connectivity index (χ3v) is 5.95. The summed E-state index contributed by atoms with van der Waals surface area (Å²) in [7, 11) is 0. The van der Waals surface area contributed by atoms with Crippen LogP contribution >= 0.6 is 11.8 Å². The van der Waals surface area contributed by atoms with Gasteiger partial charge in [-0.1, -0.05) is 48.2 Å². The fourth-order valence-corrected chi connectivity index (χ4v) is 4.44. The van der Waals surface area contributed by atoms with Gasteiger partial charge in [-0.15, -0.1) is 10.2 Å². The number of aromatic nitrogens is 3. The summed E-state index contributed by atoms with van der Waals surface area (Å²) >= 11 is 1.36. The van der Waals surface area contributed by atoms with Crippen molar-refractivity contribution in [3.05, 3.63) is 66.0 Å². The second-order valence-electron chi connectivity index (χ2n) is 6.95. The van der Waals surface area contributed by atoms with Gasteiger partial charge in [0.2, 0.25) is 11.8 Å². The first-order valence-corrected chi connectivity index (χ1v) is 10.9. The fourth-order valence-electron chi connectivity index (χ4n) is 3.55. The van der Waals surface area contributed by atoms with Crippen molar-refractivity contribution in [1.82, 2.24) is 14.8 Å². The van der Waals surface area contributed by atoms with Gasteiger partial charge in [0, 0.05) is 24.5 Å². The molecule has 30 heavy (non-hydrogen) atoms. The fraction of sp³-hybridized carbons (Fsp3) is 0.273. The Bertz CT molecular complexity index is 1050. The van der Waals surface area contributed by atoms with Gasteiger partial charge in [-0.05, 0) is 37.1 Å². The van der Waals surface area contributed by atoms with Crippen LogP contribution in [0.5, 0.6) is 0 Å². The molecule has 7 nitrogen and oxygen atoms in total. The van der Waals surface area contributed by atoms with E-state index in [2.05, 4.69) is 21.6 Å². The van der Waals surface area contributed by atoms with Gasteiger partial charge < -0.3 is 14.8 Å². The molecule has 0 bridgehead atoms. The maximum Gasteiger partial charge on any atom is 0.237 e. The molecule has 4 rings (SSSR count). The van der Waals surface area contributed by atoms with E-state index in [9.17, 15) is 9.59 Å². The highest BCUT2D eigenvalue weighted by Crippen LogP contribution is 2.28. The van der Waals surface area contributed by atoms with Gasteiger partial charge in [0.15, 0.2) is 5.16 Å². The number of rotatable bonds is 7. The second kappa shape index (κ2) is 9.13. The summed E-state index contributed by atoms with van der Waals surface area (Å²) in [6, 6.07) is 17.3. The van der Waals surface area contributed by atoms with Crippen LogP contribution in [0.1, 0.15) is 18.3 Å². The van der Waals surface area contributed by atoms with Crippen molar-refractivity contribution in [1.29, 1.82) is 0 Å². The molecule has 0 atom stereocenters. The van der Waals surface area contributed by atoms with Gasteiger partial charge >= 0.3 is 0 Å². The molecule has 0 saturated carbocycles. The Labute approximate surface area is 179 Å². The summed E-state index contributed by atoms with van der Waals surface area (Å²) in [4.78, 5) is 26.9. The van der Waals surface area contributed by atoms with E-state index in [1.54, 1.807) is 0 Å². The van der Waals surface area contributed by atoms with E-state index < -0.39 is 0 Å². The Kier molecular flexibility index (Phi) is 6.13. The van der Waals surface area contributed by atoms with E-state index in [1.165, 1.54) is 17.3 Å². The minimum absolute atomic E-state index is 0.0546. The van der Waals surface area contributed by atoms with Gasteiger partial charge in [-0.25, -0.2) is 0 Å². The van der Waals surface area contributed by atoms with Crippen LogP contribution in [-0.2, 0) is 29.0 Å². The minimum atomic E-state index is -0.149. The third kappa shape index (κ3) is 4.38. The largest absolute Gasteiger partial charge is 0.326 e. The highest BCUT2D eigenvalue weighted by atomic mass is 32.2. The van der Waals surface area contributed by atoms with Crippen LogP contribution in [0.3, 0.4) is 0 Å². The Balaban J connectivity index is 1.38. The zero-order valence-corrected chi connectivity index (χ0v) is 17.6.